The van der Waals surface area contributed by atoms with Crippen LogP contribution < -0.4 is 16.0 Å². The minimum atomic E-state index is -0.770. The van der Waals surface area contributed by atoms with Gasteiger partial charge in [0.25, 0.3) is 0 Å². The summed E-state index contributed by atoms with van der Waals surface area (Å²) in [7, 11) is 0. The van der Waals surface area contributed by atoms with Crippen molar-refractivity contribution in [2.45, 2.75) is 17.3 Å². The summed E-state index contributed by atoms with van der Waals surface area (Å²) in [6.45, 7) is 1.89. The van der Waals surface area contributed by atoms with E-state index in [1.165, 1.54) is 41.5 Å². The van der Waals surface area contributed by atoms with Gasteiger partial charge in [-0.25, -0.2) is 14.0 Å². The third-order valence-electron chi connectivity index (χ3n) is 4.30. The van der Waals surface area contributed by atoms with Gasteiger partial charge in [-0.2, -0.15) is 0 Å². The number of anilines is 2. The van der Waals surface area contributed by atoms with E-state index in [0.29, 0.717) is 26.6 Å². The van der Waals surface area contributed by atoms with Crippen LogP contribution in [0.15, 0.2) is 62.7 Å². The number of nitrogens with zero attached hydrogens (tertiary/aromatic N) is 2. The van der Waals surface area contributed by atoms with Crippen LogP contribution in [0.25, 0.3) is 0 Å². The Hall–Kier alpha value is -3.38. The highest BCUT2D eigenvalue weighted by Gasteiger charge is 2.35. The molecule has 166 valence electrons. The second-order valence-electron chi connectivity index (χ2n) is 6.46. The maximum atomic E-state index is 13.4. The summed E-state index contributed by atoms with van der Waals surface area (Å²) in [6.07, 6.45) is 1.47. The maximum absolute atomic E-state index is 13.4. The molecule has 3 heterocycles. The van der Waals surface area contributed by atoms with E-state index in [4.69, 9.17) is 9.15 Å². The van der Waals surface area contributed by atoms with E-state index in [2.05, 4.69) is 26.1 Å². The molecule has 1 aliphatic rings. The van der Waals surface area contributed by atoms with E-state index in [9.17, 15) is 14.0 Å². The molecule has 32 heavy (non-hydrogen) atoms. The molecular weight excluding hydrogens is 457 g/mol. The molecule has 1 atom stereocenters. The first-order valence-electron chi connectivity index (χ1n) is 9.53. The van der Waals surface area contributed by atoms with Crippen molar-refractivity contribution in [3.05, 3.63) is 65.5 Å². The molecule has 3 N–H and O–H groups in total. The summed E-state index contributed by atoms with van der Waals surface area (Å²) >= 11 is 2.56. The van der Waals surface area contributed by atoms with Crippen LogP contribution in [0.3, 0.4) is 0 Å². The van der Waals surface area contributed by atoms with Gasteiger partial charge in [0.15, 0.2) is 4.34 Å². The second kappa shape index (κ2) is 9.83. The topological polar surface area (TPSA) is 118 Å². The Morgan fingerprint density at radius 1 is 1.34 bits per heavy atom. The summed E-state index contributed by atoms with van der Waals surface area (Å²) < 4.78 is 24.6. The number of hydrogen-bond donors (Lipinski definition) is 3. The van der Waals surface area contributed by atoms with Gasteiger partial charge in [0.1, 0.15) is 17.6 Å². The summed E-state index contributed by atoms with van der Waals surface area (Å²) in [6, 6.07) is 8.13. The smallest absolute Gasteiger partial charge is 0.338 e. The molecule has 2 aromatic heterocycles. The summed E-state index contributed by atoms with van der Waals surface area (Å²) in [5.74, 6) is -0.251. The number of furan rings is 1. The van der Waals surface area contributed by atoms with E-state index in [1.807, 2.05) is 0 Å². The fraction of sp³-hybridized carbons (Fsp3) is 0.200. The second-order valence-corrected chi connectivity index (χ2v) is 8.66. The summed E-state index contributed by atoms with van der Waals surface area (Å²) in [4.78, 5) is 24.9. The summed E-state index contributed by atoms with van der Waals surface area (Å²) in [5.41, 5.74) is 1.21. The minimum Gasteiger partial charge on any atom is -0.467 e. The van der Waals surface area contributed by atoms with Crippen LogP contribution in [-0.4, -0.2) is 34.6 Å². The fourth-order valence-corrected chi connectivity index (χ4v) is 4.73. The minimum absolute atomic E-state index is 0.188. The Bertz CT molecular complexity index is 1150. The number of thioether (sulfide) groups is 1. The van der Waals surface area contributed by atoms with Crippen LogP contribution in [0.5, 0.6) is 0 Å². The molecule has 0 saturated heterocycles. The molecule has 0 radical (unpaired) electrons. The summed E-state index contributed by atoms with van der Waals surface area (Å²) in [5, 5.41) is 17.0. The first kappa shape index (κ1) is 21.8. The number of ether oxygens (including phenoxy) is 1. The van der Waals surface area contributed by atoms with Gasteiger partial charge in [0.05, 0.1) is 18.4 Å². The Balaban J connectivity index is 1.53. The van der Waals surface area contributed by atoms with Gasteiger partial charge < -0.3 is 25.1 Å². The van der Waals surface area contributed by atoms with E-state index < -0.39 is 18.0 Å². The van der Waals surface area contributed by atoms with Crippen molar-refractivity contribution in [3.8, 4) is 0 Å². The zero-order valence-electron chi connectivity index (χ0n) is 16.8. The highest BCUT2D eigenvalue weighted by molar-refractivity contribution is 8.01. The van der Waals surface area contributed by atoms with E-state index in [1.54, 1.807) is 31.2 Å². The maximum Gasteiger partial charge on any atom is 0.338 e. The molecule has 0 saturated carbocycles. The number of nitrogens with one attached hydrogen (secondary N) is 3. The van der Waals surface area contributed by atoms with Gasteiger partial charge in [-0.05, 0) is 37.3 Å². The fourth-order valence-electron chi connectivity index (χ4n) is 2.99. The zero-order chi connectivity index (χ0) is 22.5. The molecule has 1 aromatic carbocycles. The lowest BCUT2D eigenvalue weighted by atomic mass is 10.0. The predicted octanol–water partition coefficient (Wildman–Crippen LogP) is 3.98. The molecule has 0 unspecified atom stereocenters. The number of aromatic nitrogens is 2. The SMILES string of the molecule is CCOC(=O)C1=C(CSc2nnc(Nc3cccc(F)c3)s2)NC(=O)N[C@@H]1c1ccco1. The first-order valence-corrected chi connectivity index (χ1v) is 11.3. The van der Waals surface area contributed by atoms with Gasteiger partial charge in [-0.15, -0.1) is 10.2 Å². The molecule has 0 fully saturated rings. The van der Waals surface area contributed by atoms with Gasteiger partial charge in [-0.3, -0.25) is 0 Å². The van der Waals surface area contributed by atoms with Crippen LogP contribution in [0.4, 0.5) is 20.0 Å². The lowest BCUT2D eigenvalue weighted by molar-refractivity contribution is -0.139. The number of esters is 1. The zero-order valence-corrected chi connectivity index (χ0v) is 18.4. The lowest BCUT2D eigenvalue weighted by Crippen LogP contribution is -2.46. The van der Waals surface area contributed by atoms with Gasteiger partial charge in [0.2, 0.25) is 5.13 Å². The number of carbonyl (C=O) groups excluding carboxylic acids is 2. The first-order chi connectivity index (χ1) is 15.5. The van der Waals surface area contributed by atoms with Crippen molar-refractivity contribution in [3.63, 3.8) is 0 Å². The molecular formula is C20H18FN5O4S2. The van der Waals surface area contributed by atoms with Crippen LogP contribution in [0.2, 0.25) is 0 Å². The number of amides is 2. The molecule has 0 bridgehead atoms. The Morgan fingerprint density at radius 2 is 2.22 bits per heavy atom. The third kappa shape index (κ3) is 5.08. The quantitative estimate of drug-likeness (QED) is 0.331. The van der Waals surface area contributed by atoms with Crippen LogP contribution in [0.1, 0.15) is 18.7 Å². The molecule has 12 heteroatoms. The van der Waals surface area contributed by atoms with E-state index in [-0.39, 0.29) is 23.8 Å². The van der Waals surface area contributed by atoms with Crippen molar-refractivity contribution in [1.82, 2.24) is 20.8 Å². The molecule has 4 rings (SSSR count). The molecule has 2 amide bonds. The Kier molecular flexibility index (Phi) is 6.71. The molecule has 1 aliphatic heterocycles. The number of urea groups is 1. The van der Waals surface area contributed by atoms with Gasteiger partial charge >= 0.3 is 12.0 Å². The Morgan fingerprint density at radius 3 is 2.97 bits per heavy atom. The highest BCUT2D eigenvalue weighted by atomic mass is 32.2. The van der Waals surface area contributed by atoms with Crippen molar-refractivity contribution >= 4 is 45.9 Å². The normalized spacial score (nSPS) is 15.8. The number of benzene rings is 1. The van der Waals surface area contributed by atoms with Crippen molar-refractivity contribution in [2.24, 2.45) is 0 Å². The van der Waals surface area contributed by atoms with Gasteiger partial charge in [0, 0.05) is 17.1 Å². The Labute approximate surface area is 190 Å². The number of carbonyl (C=O) groups is 2. The lowest BCUT2D eigenvalue weighted by Gasteiger charge is -2.27. The number of rotatable bonds is 8. The highest BCUT2D eigenvalue weighted by Crippen LogP contribution is 2.33. The average Bonchev–Trinajstić information content (AvgIpc) is 3.44. The average molecular weight is 476 g/mol. The standard InChI is InChI=1S/C20H18FN5O4S2/c1-2-29-17(27)15-13(23-18(28)24-16(15)14-7-4-8-30-14)10-31-20-26-25-19(32-20)22-12-6-3-5-11(21)9-12/h3-9,16H,2,10H2,1H3,(H,22,25)(H2,23,24,28)/t16-/m1/s1. The largest absolute Gasteiger partial charge is 0.467 e. The van der Waals surface area contributed by atoms with Crippen molar-refractivity contribution < 1.29 is 23.1 Å². The van der Waals surface area contributed by atoms with E-state index >= 15 is 0 Å². The monoisotopic (exact) mass is 475 g/mol. The number of halogens is 1. The van der Waals surface area contributed by atoms with Crippen molar-refractivity contribution in [2.75, 3.05) is 17.7 Å². The molecule has 3 aromatic rings. The number of hydrogen-bond acceptors (Lipinski definition) is 9. The van der Waals surface area contributed by atoms with Crippen molar-refractivity contribution in [1.29, 1.82) is 0 Å². The molecule has 0 spiro atoms. The van der Waals surface area contributed by atoms with Crippen LogP contribution in [-0.2, 0) is 9.53 Å². The van der Waals surface area contributed by atoms with Crippen LogP contribution >= 0.6 is 23.1 Å². The third-order valence-corrected chi connectivity index (χ3v) is 6.30. The van der Waals surface area contributed by atoms with Gasteiger partial charge in [-0.1, -0.05) is 29.2 Å². The predicted molar refractivity (Wildman–Crippen MR) is 117 cm³/mol. The molecule has 0 aliphatic carbocycles. The van der Waals surface area contributed by atoms with Crippen LogP contribution in [0, 0.1) is 5.82 Å². The van der Waals surface area contributed by atoms with E-state index in [0.717, 1.165) is 0 Å². The molecule has 9 nitrogen and oxygen atoms in total.